The molecule has 24 heavy (non-hydrogen) atoms. The Bertz CT molecular complexity index is 416. The summed E-state index contributed by atoms with van der Waals surface area (Å²) in [7, 11) is 0. The average Bonchev–Trinajstić information content (AvgIpc) is 2.64. The molecule has 0 aromatic carbocycles. The van der Waals surface area contributed by atoms with Crippen LogP contribution in [0.15, 0.2) is 15.3 Å². The van der Waals surface area contributed by atoms with Crippen molar-refractivity contribution in [2.75, 3.05) is 50.5 Å². The molecule has 0 saturated carbocycles. The van der Waals surface area contributed by atoms with E-state index in [0.717, 1.165) is 0 Å². The highest BCUT2D eigenvalue weighted by Crippen LogP contribution is 2.22. The van der Waals surface area contributed by atoms with Crippen LogP contribution in [0.2, 0.25) is 0 Å². The number of hydrogen-bond donors (Lipinski definition) is 2. The van der Waals surface area contributed by atoms with E-state index in [0.29, 0.717) is 17.6 Å². The first-order valence-electron chi connectivity index (χ1n) is 6.41. The first kappa shape index (κ1) is 25.0. The summed E-state index contributed by atoms with van der Waals surface area (Å²) >= 11 is 16.5. The lowest BCUT2D eigenvalue weighted by Gasteiger charge is -2.25. The summed E-state index contributed by atoms with van der Waals surface area (Å²) in [5.74, 6) is 0.906. The van der Waals surface area contributed by atoms with Gasteiger partial charge in [0.25, 0.3) is 0 Å². The molecule has 0 bridgehead atoms. The van der Waals surface area contributed by atoms with Crippen LogP contribution in [-0.2, 0) is 0 Å². The smallest absolute Gasteiger partial charge is 0.0521 e. The molecule has 14 heteroatoms. The van der Waals surface area contributed by atoms with Crippen molar-refractivity contribution < 1.29 is 10.2 Å². The van der Waals surface area contributed by atoms with Crippen LogP contribution < -0.4 is 0 Å². The fourth-order valence-electron chi connectivity index (χ4n) is 1.08. The SMILES string of the molecule is OCC(CCl)(CCl)CCl.[N-]=[N+]=NCC(CO)(CN=[N+]=[N-])CN=[N+]=[N-]. The fraction of sp³-hybridized carbons (Fsp3) is 1.00. The molecule has 0 saturated heterocycles. The number of alkyl halides is 3. The number of azide groups is 3. The molecule has 0 aromatic rings. The van der Waals surface area contributed by atoms with E-state index in [1.54, 1.807) is 0 Å². The number of aliphatic hydroxyl groups excluding tert-OH is 2. The molecule has 0 aliphatic rings. The quantitative estimate of drug-likeness (QED) is 0.231. The topological polar surface area (TPSA) is 187 Å². The minimum absolute atomic E-state index is 0.0521. The largest absolute Gasteiger partial charge is 0.396 e. The molecule has 0 amide bonds. The van der Waals surface area contributed by atoms with Gasteiger partial charge in [0, 0.05) is 69.4 Å². The van der Waals surface area contributed by atoms with Crippen LogP contribution >= 0.6 is 34.8 Å². The maximum atomic E-state index is 9.11. The zero-order valence-corrected chi connectivity index (χ0v) is 15.0. The zero-order valence-electron chi connectivity index (χ0n) is 12.7. The molecular formula is C10H18Cl3N9O2. The van der Waals surface area contributed by atoms with Crippen LogP contribution in [0.1, 0.15) is 0 Å². The van der Waals surface area contributed by atoms with Crippen LogP contribution in [0.25, 0.3) is 31.3 Å². The summed E-state index contributed by atoms with van der Waals surface area (Å²) in [6, 6.07) is 0. The summed E-state index contributed by atoms with van der Waals surface area (Å²) in [4.78, 5) is 7.59. The number of rotatable bonds is 11. The van der Waals surface area contributed by atoms with Gasteiger partial charge in [-0.15, -0.1) is 34.8 Å². The average molecular weight is 403 g/mol. The highest BCUT2D eigenvalue weighted by molar-refractivity contribution is 6.24. The zero-order chi connectivity index (χ0) is 18.9. The third kappa shape index (κ3) is 9.77. The van der Waals surface area contributed by atoms with Crippen LogP contribution in [0.3, 0.4) is 0 Å². The molecule has 0 unspecified atom stereocenters. The monoisotopic (exact) mass is 401 g/mol. The van der Waals surface area contributed by atoms with E-state index in [1.807, 2.05) is 0 Å². The Morgan fingerprint density at radius 2 is 0.958 bits per heavy atom. The van der Waals surface area contributed by atoms with Crippen molar-refractivity contribution in [3.63, 3.8) is 0 Å². The van der Waals surface area contributed by atoms with E-state index in [9.17, 15) is 0 Å². The number of nitrogens with zero attached hydrogens (tertiary/aromatic N) is 9. The molecule has 0 radical (unpaired) electrons. The Hall–Kier alpha value is -1.28. The molecular weight excluding hydrogens is 385 g/mol. The van der Waals surface area contributed by atoms with Crippen molar-refractivity contribution in [2.24, 2.45) is 26.2 Å². The number of halogens is 3. The fourth-order valence-corrected chi connectivity index (χ4v) is 2.19. The summed E-state index contributed by atoms with van der Waals surface area (Å²) in [5.41, 5.74) is 22.9. The van der Waals surface area contributed by atoms with Gasteiger partial charge in [0.05, 0.1) is 6.61 Å². The molecule has 0 heterocycles. The van der Waals surface area contributed by atoms with Gasteiger partial charge in [-0.25, -0.2) is 0 Å². The lowest BCUT2D eigenvalue weighted by molar-refractivity contribution is 0.146. The highest BCUT2D eigenvalue weighted by Gasteiger charge is 2.27. The second-order valence-corrected chi connectivity index (χ2v) is 5.69. The summed E-state index contributed by atoms with van der Waals surface area (Å²) in [6.07, 6.45) is 0. The van der Waals surface area contributed by atoms with Crippen LogP contribution in [0.4, 0.5) is 0 Å². The first-order valence-corrected chi connectivity index (χ1v) is 8.01. The Balaban J connectivity index is 0. The van der Waals surface area contributed by atoms with Crippen molar-refractivity contribution >= 4 is 34.8 Å². The highest BCUT2D eigenvalue weighted by atomic mass is 35.5. The minimum atomic E-state index is -1.01. The standard InChI is InChI=1S/C5H9Cl3O.C5H9N9O/c6-1-5(2-7,3-8)4-9;6-12-9-1-5(4-15,2-10-13-7)3-11-14-8/h9H,1-4H2;15H,1-4H2. The molecule has 0 rings (SSSR count). The second-order valence-electron chi connectivity index (χ2n) is 4.88. The lowest BCUT2D eigenvalue weighted by Crippen LogP contribution is -2.35. The van der Waals surface area contributed by atoms with Gasteiger partial charge in [0.15, 0.2) is 0 Å². The van der Waals surface area contributed by atoms with E-state index in [1.165, 1.54) is 0 Å². The molecule has 0 fully saturated rings. The van der Waals surface area contributed by atoms with Gasteiger partial charge in [0.1, 0.15) is 0 Å². The molecule has 0 atom stereocenters. The van der Waals surface area contributed by atoms with Crippen molar-refractivity contribution in [1.29, 1.82) is 0 Å². The van der Waals surface area contributed by atoms with Crippen LogP contribution in [-0.4, -0.2) is 60.7 Å². The molecule has 11 nitrogen and oxygen atoms in total. The van der Waals surface area contributed by atoms with E-state index in [2.05, 4.69) is 30.1 Å². The van der Waals surface area contributed by atoms with Crippen molar-refractivity contribution in [2.45, 2.75) is 0 Å². The van der Waals surface area contributed by atoms with Gasteiger partial charge in [0.2, 0.25) is 0 Å². The Kier molecular flexibility index (Phi) is 15.9. The molecule has 136 valence electrons. The van der Waals surface area contributed by atoms with Gasteiger partial charge in [-0.1, -0.05) is 15.3 Å². The van der Waals surface area contributed by atoms with Gasteiger partial charge in [-0.05, 0) is 16.6 Å². The minimum Gasteiger partial charge on any atom is -0.396 e. The van der Waals surface area contributed by atoms with Gasteiger partial charge in [-0.2, -0.15) is 0 Å². The molecule has 0 aliphatic carbocycles. The van der Waals surface area contributed by atoms with Crippen LogP contribution in [0.5, 0.6) is 0 Å². The maximum Gasteiger partial charge on any atom is 0.0521 e. The number of aliphatic hydroxyl groups is 2. The Labute approximate surface area is 153 Å². The first-order chi connectivity index (χ1) is 11.5. The van der Waals surface area contributed by atoms with Crippen molar-refractivity contribution in [3.05, 3.63) is 31.3 Å². The van der Waals surface area contributed by atoms with Crippen molar-refractivity contribution in [3.8, 4) is 0 Å². The normalized spacial score (nSPS) is 12.4. The number of hydrogen-bond acceptors (Lipinski definition) is 5. The predicted molar refractivity (Wildman–Crippen MR) is 93.2 cm³/mol. The Morgan fingerprint density at radius 3 is 1.08 bits per heavy atom. The molecule has 0 aromatic heterocycles. The van der Waals surface area contributed by atoms with E-state index in [4.69, 9.17) is 61.6 Å². The maximum absolute atomic E-state index is 9.11. The third-order valence-corrected chi connectivity index (χ3v) is 4.63. The van der Waals surface area contributed by atoms with Crippen LogP contribution in [0, 0.1) is 10.8 Å². The summed E-state index contributed by atoms with van der Waals surface area (Å²) < 4.78 is 0. The van der Waals surface area contributed by atoms with E-state index >= 15 is 0 Å². The predicted octanol–water partition coefficient (Wildman–Crippen LogP) is 3.58. The Morgan fingerprint density at radius 1 is 0.667 bits per heavy atom. The second kappa shape index (κ2) is 15.3. The molecule has 2 N–H and O–H groups in total. The molecule has 0 spiro atoms. The lowest BCUT2D eigenvalue weighted by atomic mass is 9.89. The van der Waals surface area contributed by atoms with E-state index in [-0.39, 0.29) is 26.2 Å². The van der Waals surface area contributed by atoms with Gasteiger partial charge in [-0.3, -0.25) is 0 Å². The summed E-state index contributed by atoms with van der Waals surface area (Å²) in [6.45, 7) is -0.748. The third-order valence-electron chi connectivity index (χ3n) is 2.93. The van der Waals surface area contributed by atoms with E-state index < -0.39 is 17.4 Å². The molecule has 0 aliphatic heterocycles. The van der Waals surface area contributed by atoms with Crippen molar-refractivity contribution in [1.82, 2.24) is 0 Å². The van der Waals surface area contributed by atoms with Gasteiger partial charge >= 0.3 is 0 Å². The van der Waals surface area contributed by atoms with Gasteiger partial charge < -0.3 is 10.2 Å². The summed E-state index contributed by atoms with van der Waals surface area (Å²) in [5, 5.41) is 27.7.